The van der Waals surface area contributed by atoms with Crippen LogP contribution in [0.4, 0.5) is 0 Å². The number of aromatic hydroxyl groups is 1. The lowest BCUT2D eigenvalue weighted by atomic mass is 9.90. The molecule has 1 heterocycles. The van der Waals surface area contributed by atoms with Gasteiger partial charge in [0.15, 0.2) is 12.0 Å². The summed E-state index contributed by atoms with van der Waals surface area (Å²) in [5, 5.41) is 36.8. The first-order valence-electron chi connectivity index (χ1n) is 15.7. The van der Waals surface area contributed by atoms with Crippen LogP contribution in [0.15, 0.2) is 29.3 Å². The molecule has 0 aromatic heterocycles. The van der Waals surface area contributed by atoms with Crippen molar-refractivity contribution in [2.75, 3.05) is 13.1 Å². The molecule has 0 radical (unpaired) electrons. The van der Waals surface area contributed by atoms with E-state index in [9.17, 15) is 39.3 Å². The minimum absolute atomic E-state index is 0.0151. The molecule has 1 aliphatic heterocycles. The van der Waals surface area contributed by atoms with Crippen LogP contribution in [0.25, 0.3) is 0 Å². The fourth-order valence-electron chi connectivity index (χ4n) is 5.37. The van der Waals surface area contributed by atoms with E-state index in [0.717, 1.165) is 0 Å². The zero-order valence-electron chi connectivity index (χ0n) is 27.4. The molecule has 0 bridgehead atoms. The van der Waals surface area contributed by atoms with Gasteiger partial charge in [0.1, 0.15) is 23.4 Å². The Balaban J connectivity index is 2.32. The number of aliphatic carboxylic acids is 1. The molecule has 4 amide bonds. The molecule has 6 atom stereocenters. The Morgan fingerprint density at radius 2 is 1.72 bits per heavy atom. The van der Waals surface area contributed by atoms with Gasteiger partial charge in [0.05, 0.1) is 12.1 Å². The molecular formula is C31H50N8O8. The van der Waals surface area contributed by atoms with Gasteiger partial charge in [-0.05, 0) is 69.6 Å². The summed E-state index contributed by atoms with van der Waals surface area (Å²) in [6, 6.07) is 1.44. The lowest BCUT2D eigenvalue weighted by Gasteiger charge is -2.35. The first-order valence-corrected chi connectivity index (χ1v) is 15.7. The number of carbonyl (C=O) groups is 5. The molecule has 262 valence electrons. The van der Waals surface area contributed by atoms with E-state index in [-0.39, 0.29) is 56.4 Å². The van der Waals surface area contributed by atoms with Crippen LogP contribution in [-0.2, 0) is 30.4 Å². The average molecular weight is 663 g/mol. The maximum Gasteiger partial charge on any atom is 0.328 e. The van der Waals surface area contributed by atoms with Crippen molar-refractivity contribution in [3.05, 3.63) is 29.8 Å². The van der Waals surface area contributed by atoms with Crippen LogP contribution < -0.4 is 33.2 Å². The minimum Gasteiger partial charge on any atom is -0.508 e. The summed E-state index contributed by atoms with van der Waals surface area (Å²) in [5.41, 5.74) is 15.8. The third-order valence-corrected chi connectivity index (χ3v) is 7.89. The smallest absolute Gasteiger partial charge is 0.328 e. The van der Waals surface area contributed by atoms with Crippen molar-refractivity contribution in [2.24, 2.45) is 28.1 Å². The molecule has 47 heavy (non-hydrogen) atoms. The van der Waals surface area contributed by atoms with Crippen LogP contribution in [0.2, 0.25) is 0 Å². The monoisotopic (exact) mass is 662 g/mol. The van der Waals surface area contributed by atoms with Crippen molar-refractivity contribution in [1.29, 1.82) is 0 Å². The number of likely N-dealkylation sites (tertiary alicyclic amines) is 1. The number of guanidine groups is 1. The lowest BCUT2D eigenvalue weighted by Crippen LogP contribution is -2.64. The molecule has 1 aliphatic rings. The molecule has 16 nitrogen and oxygen atoms in total. The highest BCUT2D eigenvalue weighted by atomic mass is 16.4. The Kier molecular flexibility index (Phi) is 14.4. The van der Waals surface area contributed by atoms with Gasteiger partial charge < -0.3 is 53.4 Å². The Morgan fingerprint density at radius 1 is 1.09 bits per heavy atom. The SMILES string of the molecule is CC(C)C[C@@H](NC(=O)[C@@](C)(Cc1ccc(O)cc1)NC(=O)[C@@H](N)CCCN=C(N)N)C(=O)N1CCC[C@@H]1C(=O)N[C@H](C(=O)O)[C@H](C)O. The van der Waals surface area contributed by atoms with Crippen molar-refractivity contribution in [1.82, 2.24) is 20.9 Å². The summed E-state index contributed by atoms with van der Waals surface area (Å²) >= 11 is 0. The predicted octanol–water partition coefficient (Wildman–Crippen LogP) is -1.34. The third-order valence-electron chi connectivity index (χ3n) is 7.89. The molecule has 1 fully saturated rings. The maximum atomic E-state index is 14.0. The second-order valence-corrected chi connectivity index (χ2v) is 12.6. The van der Waals surface area contributed by atoms with E-state index in [4.69, 9.17) is 17.2 Å². The van der Waals surface area contributed by atoms with Crippen LogP contribution >= 0.6 is 0 Å². The fourth-order valence-corrected chi connectivity index (χ4v) is 5.37. The number of hydrogen-bond donors (Lipinski definition) is 9. The van der Waals surface area contributed by atoms with Gasteiger partial charge in [-0.1, -0.05) is 26.0 Å². The second-order valence-electron chi connectivity index (χ2n) is 12.6. The number of rotatable bonds is 17. The summed E-state index contributed by atoms with van der Waals surface area (Å²) in [6.07, 6.45) is 0.184. The van der Waals surface area contributed by atoms with E-state index in [1.165, 1.54) is 30.9 Å². The lowest BCUT2D eigenvalue weighted by molar-refractivity contribution is -0.147. The molecule has 0 saturated carbocycles. The molecule has 12 N–H and O–H groups in total. The third kappa shape index (κ3) is 11.7. The fraction of sp³-hybridized carbons (Fsp3) is 0.613. The van der Waals surface area contributed by atoms with E-state index < -0.39 is 65.4 Å². The number of aliphatic hydroxyl groups is 1. The number of carbonyl (C=O) groups excluding carboxylic acids is 4. The van der Waals surface area contributed by atoms with Gasteiger partial charge in [-0.25, -0.2) is 4.79 Å². The Bertz CT molecular complexity index is 1280. The molecule has 16 heteroatoms. The summed E-state index contributed by atoms with van der Waals surface area (Å²) in [7, 11) is 0. The number of aliphatic hydroxyl groups excluding tert-OH is 1. The minimum atomic E-state index is -1.60. The van der Waals surface area contributed by atoms with E-state index in [1.54, 1.807) is 12.1 Å². The van der Waals surface area contributed by atoms with E-state index in [0.29, 0.717) is 18.4 Å². The number of nitrogens with zero attached hydrogens (tertiary/aromatic N) is 2. The zero-order chi connectivity index (χ0) is 35.5. The highest BCUT2D eigenvalue weighted by Crippen LogP contribution is 2.23. The maximum absolute atomic E-state index is 14.0. The number of amides is 4. The molecular weight excluding hydrogens is 612 g/mol. The van der Waals surface area contributed by atoms with Crippen molar-refractivity contribution < 1.29 is 39.3 Å². The highest BCUT2D eigenvalue weighted by molar-refractivity contribution is 5.97. The first kappa shape index (κ1) is 38.7. The molecule has 0 unspecified atom stereocenters. The number of hydrogen-bond acceptors (Lipinski definition) is 9. The number of carboxylic acids is 1. The largest absolute Gasteiger partial charge is 0.508 e. The van der Waals surface area contributed by atoms with Gasteiger partial charge in [0, 0.05) is 19.5 Å². The van der Waals surface area contributed by atoms with Crippen LogP contribution in [0.1, 0.15) is 65.4 Å². The van der Waals surface area contributed by atoms with Gasteiger partial charge in [0.25, 0.3) is 0 Å². The average Bonchev–Trinajstić information content (AvgIpc) is 3.47. The molecule has 0 spiro atoms. The number of nitrogens with one attached hydrogen (secondary N) is 3. The Morgan fingerprint density at radius 3 is 2.28 bits per heavy atom. The van der Waals surface area contributed by atoms with Gasteiger partial charge in [0.2, 0.25) is 23.6 Å². The molecule has 1 saturated heterocycles. The van der Waals surface area contributed by atoms with E-state index in [2.05, 4.69) is 20.9 Å². The summed E-state index contributed by atoms with van der Waals surface area (Å²) in [4.78, 5) is 71.0. The van der Waals surface area contributed by atoms with E-state index in [1.807, 2.05) is 13.8 Å². The molecule has 0 aliphatic carbocycles. The Hall–Kier alpha value is -4.44. The molecule has 2 rings (SSSR count). The number of carboxylic acid groups (broad SMARTS) is 1. The van der Waals surface area contributed by atoms with Gasteiger partial charge in [-0.3, -0.25) is 24.2 Å². The molecule has 1 aromatic rings. The number of aliphatic imine (C=N–C) groups is 1. The van der Waals surface area contributed by atoms with Gasteiger partial charge in [-0.2, -0.15) is 0 Å². The van der Waals surface area contributed by atoms with Crippen molar-refractivity contribution in [3.63, 3.8) is 0 Å². The summed E-state index contributed by atoms with van der Waals surface area (Å²) in [5.74, 6) is -4.11. The van der Waals surface area contributed by atoms with E-state index >= 15 is 0 Å². The van der Waals surface area contributed by atoms with Crippen molar-refractivity contribution in [2.45, 2.75) is 102 Å². The van der Waals surface area contributed by atoms with Gasteiger partial charge in [-0.15, -0.1) is 0 Å². The Labute approximate surface area is 274 Å². The van der Waals surface area contributed by atoms with Gasteiger partial charge >= 0.3 is 5.97 Å². The topological polar surface area (TPSA) is 276 Å². The second kappa shape index (κ2) is 17.5. The standard InChI is InChI=1S/C31H50N8O8/c1-17(2)15-22(27(44)39-14-6-8-23(39)26(43)37-24(18(3)40)28(45)46)36-29(47)31(4,16-19-9-11-20(41)12-10-19)38-25(42)21(32)7-5-13-35-30(33)34/h9-12,17-18,21-24,40-41H,5-8,13-16,32H2,1-4H3,(H,36,47)(H,37,43)(H,38,42)(H,45,46)(H4,33,34,35)/t18-,21-,22+,23+,24-,31+/m0/s1. The number of phenols is 1. The summed E-state index contributed by atoms with van der Waals surface area (Å²) in [6.45, 7) is 6.92. The van der Waals surface area contributed by atoms with Crippen LogP contribution in [0.3, 0.4) is 0 Å². The van der Waals surface area contributed by atoms with Crippen molar-refractivity contribution >= 4 is 35.6 Å². The number of phenolic OH excluding ortho intramolecular Hbond substituents is 1. The van der Waals surface area contributed by atoms with Crippen LogP contribution in [-0.4, -0.2) is 105 Å². The quantitative estimate of drug-likeness (QED) is 0.0535. The van der Waals surface area contributed by atoms with Crippen molar-refractivity contribution in [3.8, 4) is 5.75 Å². The number of benzene rings is 1. The van der Waals surface area contributed by atoms with Crippen LogP contribution in [0.5, 0.6) is 5.75 Å². The predicted molar refractivity (Wildman–Crippen MR) is 174 cm³/mol. The normalized spacial score (nSPS) is 18.3. The molecule has 1 aromatic carbocycles. The van der Waals surface area contributed by atoms with Crippen LogP contribution in [0, 0.1) is 5.92 Å². The first-order chi connectivity index (χ1) is 21.9. The number of nitrogens with two attached hydrogens (primary N) is 3. The highest BCUT2D eigenvalue weighted by Gasteiger charge is 2.42. The summed E-state index contributed by atoms with van der Waals surface area (Å²) < 4.78 is 0. The zero-order valence-corrected chi connectivity index (χ0v) is 27.4.